The molecule has 0 bridgehead atoms. The molecule has 3 aromatic rings. The number of ether oxygens (including phenoxy) is 2. The van der Waals surface area contributed by atoms with E-state index in [1.165, 1.54) is 0 Å². The summed E-state index contributed by atoms with van der Waals surface area (Å²) in [4.78, 5) is 4.82. The number of hydrogen-bond donors (Lipinski definition) is 0. The molecule has 0 saturated heterocycles. The lowest BCUT2D eigenvalue weighted by Crippen LogP contribution is -2.19. The number of hydrazone groups is 1. The Balaban J connectivity index is 1.68. The van der Waals surface area contributed by atoms with Crippen molar-refractivity contribution < 1.29 is 9.47 Å². The van der Waals surface area contributed by atoms with Crippen molar-refractivity contribution in [2.45, 2.75) is 19.4 Å². The average Bonchev–Trinajstić information content (AvgIpc) is 3.34. The molecule has 7 heteroatoms. The zero-order valence-electron chi connectivity index (χ0n) is 15.8. The Morgan fingerprint density at radius 1 is 1.11 bits per heavy atom. The molecule has 0 unspecified atom stereocenters. The van der Waals surface area contributed by atoms with E-state index >= 15 is 0 Å². The molecule has 0 fully saturated rings. The molecular formula is C21H20ClN3O2S. The molecule has 144 valence electrons. The molecule has 2 heterocycles. The van der Waals surface area contributed by atoms with Gasteiger partial charge in [-0.2, -0.15) is 5.10 Å². The number of hydrogen-bond acceptors (Lipinski definition) is 6. The number of methoxy groups -OCH3 is 2. The summed E-state index contributed by atoms with van der Waals surface area (Å²) < 4.78 is 10.9. The van der Waals surface area contributed by atoms with E-state index in [2.05, 4.69) is 0 Å². The number of benzene rings is 2. The minimum absolute atomic E-state index is 0.0325. The fourth-order valence-electron chi connectivity index (χ4n) is 3.29. The highest BCUT2D eigenvalue weighted by atomic mass is 35.5. The van der Waals surface area contributed by atoms with E-state index in [0.29, 0.717) is 5.02 Å². The molecule has 1 aliphatic heterocycles. The van der Waals surface area contributed by atoms with Crippen molar-refractivity contribution in [3.63, 3.8) is 0 Å². The van der Waals surface area contributed by atoms with Crippen LogP contribution in [-0.2, 0) is 0 Å². The summed E-state index contributed by atoms with van der Waals surface area (Å²) in [5, 5.41) is 10.3. The molecule has 5 nitrogen and oxygen atoms in total. The fraction of sp³-hybridized carbons (Fsp3) is 0.238. The third kappa shape index (κ3) is 3.57. The highest BCUT2D eigenvalue weighted by Gasteiger charge is 2.31. The lowest BCUT2D eigenvalue weighted by molar-refractivity contribution is 0.388. The van der Waals surface area contributed by atoms with E-state index in [-0.39, 0.29) is 6.04 Å². The van der Waals surface area contributed by atoms with E-state index in [4.69, 9.17) is 31.2 Å². The first kappa shape index (κ1) is 18.8. The van der Waals surface area contributed by atoms with E-state index in [1.807, 2.05) is 59.8 Å². The van der Waals surface area contributed by atoms with Crippen LogP contribution in [0.4, 0.5) is 5.13 Å². The van der Waals surface area contributed by atoms with E-state index in [9.17, 15) is 0 Å². The first-order valence-electron chi connectivity index (χ1n) is 8.85. The molecule has 2 aromatic carbocycles. The summed E-state index contributed by atoms with van der Waals surface area (Å²) in [5.74, 6) is 1.55. The molecular weight excluding hydrogens is 394 g/mol. The van der Waals surface area contributed by atoms with E-state index in [0.717, 1.165) is 45.6 Å². The summed E-state index contributed by atoms with van der Waals surface area (Å²) >= 11 is 7.57. The second-order valence-corrected chi connectivity index (χ2v) is 7.80. The summed E-state index contributed by atoms with van der Waals surface area (Å²) in [6.07, 6.45) is 0.818. The van der Waals surface area contributed by atoms with Gasteiger partial charge in [-0.05, 0) is 31.2 Å². The lowest BCUT2D eigenvalue weighted by atomic mass is 10.0. The van der Waals surface area contributed by atoms with Crippen molar-refractivity contribution >= 4 is 33.8 Å². The molecule has 0 amide bonds. The van der Waals surface area contributed by atoms with Crippen LogP contribution in [0.5, 0.6) is 11.5 Å². The molecule has 0 spiro atoms. The van der Waals surface area contributed by atoms with Crippen LogP contribution in [0.15, 0.2) is 52.9 Å². The normalized spacial score (nSPS) is 16.2. The highest BCUT2D eigenvalue weighted by Crippen LogP contribution is 2.42. The van der Waals surface area contributed by atoms with Gasteiger partial charge in [-0.3, -0.25) is 0 Å². The Morgan fingerprint density at radius 3 is 2.61 bits per heavy atom. The van der Waals surface area contributed by atoms with Gasteiger partial charge in [0.2, 0.25) is 5.13 Å². The van der Waals surface area contributed by atoms with Crippen LogP contribution < -0.4 is 14.5 Å². The van der Waals surface area contributed by atoms with Crippen molar-refractivity contribution in [2.75, 3.05) is 19.2 Å². The van der Waals surface area contributed by atoms with Crippen LogP contribution in [0.3, 0.4) is 0 Å². The minimum atomic E-state index is 0.0325. The van der Waals surface area contributed by atoms with Crippen molar-refractivity contribution in [2.24, 2.45) is 5.10 Å². The van der Waals surface area contributed by atoms with Crippen LogP contribution in [0.2, 0.25) is 5.02 Å². The Kier molecular flexibility index (Phi) is 5.24. The highest BCUT2D eigenvalue weighted by molar-refractivity contribution is 7.14. The van der Waals surface area contributed by atoms with Gasteiger partial charge >= 0.3 is 0 Å². The van der Waals surface area contributed by atoms with Crippen LogP contribution in [0, 0.1) is 0 Å². The molecule has 28 heavy (non-hydrogen) atoms. The Labute approximate surface area is 173 Å². The van der Waals surface area contributed by atoms with Gasteiger partial charge in [-0.1, -0.05) is 23.7 Å². The maximum atomic E-state index is 6.00. The van der Waals surface area contributed by atoms with Crippen LogP contribution in [0.1, 0.15) is 24.9 Å². The van der Waals surface area contributed by atoms with Crippen molar-refractivity contribution in [3.8, 4) is 22.8 Å². The maximum Gasteiger partial charge on any atom is 0.207 e. The van der Waals surface area contributed by atoms with Crippen LogP contribution in [0.25, 0.3) is 11.3 Å². The molecule has 0 aliphatic carbocycles. The molecule has 1 aliphatic rings. The molecule has 0 N–H and O–H groups in total. The second kappa shape index (κ2) is 7.81. The zero-order valence-corrected chi connectivity index (χ0v) is 17.4. The molecule has 0 saturated carbocycles. The van der Waals surface area contributed by atoms with Crippen molar-refractivity contribution in [1.82, 2.24) is 4.98 Å². The third-order valence-corrected chi connectivity index (χ3v) is 5.77. The SMILES string of the molecule is COc1ccc([C@H]2CC(C)=NN2c2nc(-c3ccc(Cl)cc3)cs2)c(OC)c1. The summed E-state index contributed by atoms with van der Waals surface area (Å²) in [7, 11) is 3.32. The summed E-state index contributed by atoms with van der Waals surface area (Å²) in [5.41, 5.74) is 4.07. The minimum Gasteiger partial charge on any atom is -0.497 e. The number of rotatable bonds is 5. The number of anilines is 1. The molecule has 1 atom stereocenters. The first-order valence-corrected chi connectivity index (χ1v) is 10.1. The van der Waals surface area contributed by atoms with E-state index in [1.54, 1.807) is 25.6 Å². The molecule has 1 aromatic heterocycles. The topological polar surface area (TPSA) is 47.0 Å². The third-order valence-electron chi connectivity index (χ3n) is 4.69. The maximum absolute atomic E-state index is 6.00. The number of aromatic nitrogens is 1. The average molecular weight is 414 g/mol. The largest absolute Gasteiger partial charge is 0.497 e. The number of nitrogens with zero attached hydrogens (tertiary/aromatic N) is 3. The van der Waals surface area contributed by atoms with Crippen molar-refractivity contribution in [1.29, 1.82) is 0 Å². The smallest absolute Gasteiger partial charge is 0.207 e. The van der Waals surface area contributed by atoms with Gasteiger partial charge in [0.25, 0.3) is 0 Å². The predicted octanol–water partition coefficient (Wildman–Crippen LogP) is 5.81. The van der Waals surface area contributed by atoms with Crippen LogP contribution in [-0.4, -0.2) is 24.9 Å². The van der Waals surface area contributed by atoms with Gasteiger partial charge in [0, 0.05) is 39.7 Å². The first-order chi connectivity index (χ1) is 13.6. The number of halogens is 1. The van der Waals surface area contributed by atoms with Gasteiger partial charge in [0.1, 0.15) is 11.5 Å². The van der Waals surface area contributed by atoms with Gasteiger partial charge in [-0.25, -0.2) is 9.99 Å². The summed E-state index contributed by atoms with van der Waals surface area (Å²) in [6.45, 7) is 2.04. The Bertz CT molecular complexity index is 1020. The Morgan fingerprint density at radius 2 is 1.89 bits per heavy atom. The quantitative estimate of drug-likeness (QED) is 0.529. The monoisotopic (exact) mass is 413 g/mol. The number of thiazole rings is 1. The predicted molar refractivity (Wildman–Crippen MR) is 115 cm³/mol. The van der Waals surface area contributed by atoms with Gasteiger partial charge < -0.3 is 9.47 Å². The fourth-order valence-corrected chi connectivity index (χ4v) is 4.25. The van der Waals surface area contributed by atoms with Gasteiger partial charge in [0.05, 0.1) is 26.0 Å². The zero-order chi connectivity index (χ0) is 19.7. The van der Waals surface area contributed by atoms with E-state index < -0.39 is 0 Å². The van der Waals surface area contributed by atoms with Crippen molar-refractivity contribution in [3.05, 3.63) is 58.4 Å². The Hall–Kier alpha value is -2.57. The standard InChI is InChI=1S/C21H20ClN3O2S/c1-13-10-19(17-9-8-16(26-2)11-20(17)27-3)25(24-13)21-23-18(12-28-21)14-4-6-15(22)7-5-14/h4-9,11-12,19H,10H2,1-3H3/t19-/m1/s1. The molecule has 0 radical (unpaired) electrons. The lowest BCUT2D eigenvalue weighted by Gasteiger charge is -2.23. The van der Waals surface area contributed by atoms with Gasteiger partial charge in [0.15, 0.2) is 0 Å². The second-order valence-electron chi connectivity index (χ2n) is 6.53. The van der Waals surface area contributed by atoms with Crippen LogP contribution >= 0.6 is 22.9 Å². The van der Waals surface area contributed by atoms with Gasteiger partial charge in [-0.15, -0.1) is 11.3 Å². The molecule has 4 rings (SSSR count). The summed E-state index contributed by atoms with van der Waals surface area (Å²) in [6, 6.07) is 13.6.